The Bertz CT molecular complexity index is 695. The molecule has 1 aliphatic rings. The molecular formula is C14H17N3OS2. The van der Waals surface area contributed by atoms with E-state index in [9.17, 15) is 4.79 Å². The molecular weight excluding hydrogens is 290 g/mol. The van der Waals surface area contributed by atoms with E-state index in [1.165, 1.54) is 10.4 Å². The highest BCUT2D eigenvalue weighted by atomic mass is 32.2. The van der Waals surface area contributed by atoms with Crippen LogP contribution in [-0.4, -0.2) is 39.6 Å². The number of hydrogen-bond acceptors (Lipinski definition) is 5. The zero-order valence-electron chi connectivity index (χ0n) is 12.1. The van der Waals surface area contributed by atoms with Crippen molar-refractivity contribution in [2.45, 2.75) is 37.5 Å². The third-order valence-corrected chi connectivity index (χ3v) is 6.08. The van der Waals surface area contributed by atoms with Gasteiger partial charge in [0.15, 0.2) is 0 Å². The van der Waals surface area contributed by atoms with Crippen LogP contribution in [0.2, 0.25) is 0 Å². The van der Waals surface area contributed by atoms with Crippen LogP contribution >= 0.6 is 23.1 Å². The SMILES string of the molecule is Cc1nc(S[C@H]2CCN(C)C2=O)c2c(C)c(C)sc2n1. The molecule has 1 fully saturated rings. The molecule has 4 nitrogen and oxygen atoms in total. The lowest BCUT2D eigenvalue weighted by atomic mass is 10.2. The van der Waals surface area contributed by atoms with Gasteiger partial charge in [-0.25, -0.2) is 9.97 Å². The topological polar surface area (TPSA) is 46.1 Å². The average molecular weight is 307 g/mol. The van der Waals surface area contributed by atoms with Crippen LogP contribution in [0.4, 0.5) is 0 Å². The van der Waals surface area contributed by atoms with E-state index in [1.807, 2.05) is 14.0 Å². The molecule has 0 aliphatic carbocycles. The lowest BCUT2D eigenvalue weighted by molar-refractivity contribution is -0.126. The zero-order chi connectivity index (χ0) is 14.4. The molecule has 6 heteroatoms. The Hall–Kier alpha value is -1.14. The van der Waals surface area contributed by atoms with Gasteiger partial charge >= 0.3 is 0 Å². The van der Waals surface area contributed by atoms with Gasteiger partial charge in [0, 0.05) is 23.9 Å². The number of hydrogen-bond donors (Lipinski definition) is 0. The third-order valence-electron chi connectivity index (χ3n) is 3.74. The molecule has 20 heavy (non-hydrogen) atoms. The Morgan fingerprint density at radius 1 is 1.30 bits per heavy atom. The van der Waals surface area contributed by atoms with Gasteiger partial charge in [-0.1, -0.05) is 11.8 Å². The lowest BCUT2D eigenvalue weighted by Gasteiger charge is -2.11. The summed E-state index contributed by atoms with van der Waals surface area (Å²) in [5.74, 6) is 0.990. The molecule has 0 radical (unpaired) electrons. The van der Waals surface area contributed by atoms with Crippen molar-refractivity contribution in [3.63, 3.8) is 0 Å². The number of amides is 1. The van der Waals surface area contributed by atoms with E-state index in [2.05, 4.69) is 23.8 Å². The molecule has 3 rings (SSSR count). The predicted octanol–water partition coefficient (Wildman–Crippen LogP) is 2.94. The number of fused-ring (bicyclic) bond motifs is 1. The second-order valence-electron chi connectivity index (χ2n) is 5.19. The summed E-state index contributed by atoms with van der Waals surface area (Å²) in [7, 11) is 1.86. The molecule has 0 spiro atoms. The lowest BCUT2D eigenvalue weighted by Crippen LogP contribution is -2.23. The molecule has 3 heterocycles. The molecule has 2 aromatic rings. The van der Waals surface area contributed by atoms with Gasteiger partial charge in [-0.15, -0.1) is 11.3 Å². The van der Waals surface area contributed by atoms with Gasteiger partial charge in [0.1, 0.15) is 15.7 Å². The summed E-state index contributed by atoms with van der Waals surface area (Å²) >= 11 is 3.31. The van der Waals surface area contributed by atoms with Crippen LogP contribution in [0, 0.1) is 20.8 Å². The monoisotopic (exact) mass is 307 g/mol. The molecule has 1 amide bonds. The number of thioether (sulfide) groups is 1. The van der Waals surface area contributed by atoms with E-state index in [4.69, 9.17) is 0 Å². The number of aromatic nitrogens is 2. The molecule has 0 aromatic carbocycles. The second-order valence-corrected chi connectivity index (χ2v) is 7.59. The largest absolute Gasteiger partial charge is 0.345 e. The van der Waals surface area contributed by atoms with Crippen molar-refractivity contribution >= 4 is 39.2 Å². The first-order chi connectivity index (χ1) is 9.47. The molecule has 106 valence electrons. The second kappa shape index (κ2) is 5.00. The molecule has 1 saturated heterocycles. The van der Waals surface area contributed by atoms with Crippen LogP contribution in [0.5, 0.6) is 0 Å². The number of likely N-dealkylation sites (tertiary alicyclic amines) is 1. The number of rotatable bonds is 2. The summed E-state index contributed by atoms with van der Waals surface area (Å²) in [5.41, 5.74) is 1.24. The Labute approximate surface area is 126 Å². The summed E-state index contributed by atoms with van der Waals surface area (Å²) in [5, 5.41) is 2.09. The Kier molecular flexibility index (Phi) is 3.46. The van der Waals surface area contributed by atoms with E-state index in [1.54, 1.807) is 28.0 Å². The van der Waals surface area contributed by atoms with Crippen molar-refractivity contribution in [1.29, 1.82) is 0 Å². The van der Waals surface area contributed by atoms with Crippen LogP contribution in [-0.2, 0) is 4.79 Å². The molecule has 0 bridgehead atoms. The fourth-order valence-electron chi connectivity index (χ4n) is 2.43. The van der Waals surface area contributed by atoms with Crippen LogP contribution in [0.1, 0.15) is 22.7 Å². The molecule has 0 N–H and O–H groups in total. The van der Waals surface area contributed by atoms with Gasteiger partial charge < -0.3 is 4.90 Å². The van der Waals surface area contributed by atoms with Crippen LogP contribution in [0.3, 0.4) is 0 Å². The summed E-state index contributed by atoms with van der Waals surface area (Å²) in [6.07, 6.45) is 0.896. The first-order valence-corrected chi connectivity index (χ1v) is 8.33. The van der Waals surface area contributed by atoms with Gasteiger partial charge in [0.25, 0.3) is 0 Å². The van der Waals surface area contributed by atoms with E-state index in [-0.39, 0.29) is 11.2 Å². The van der Waals surface area contributed by atoms with Gasteiger partial charge in [0.05, 0.1) is 5.25 Å². The third kappa shape index (κ3) is 2.20. The summed E-state index contributed by atoms with van der Waals surface area (Å²) in [6, 6.07) is 0. The van der Waals surface area contributed by atoms with Crippen molar-refractivity contribution in [3.8, 4) is 0 Å². The Balaban J connectivity index is 2.05. The number of aryl methyl sites for hydroxylation is 3. The van der Waals surface area contributed by atoms with Crippen molar-refractivity contribution < 1.29 is 4.79 Å². The number of carbonyl (C=O) groups is 1. The van der Waals surface area contributed by atoms with Crippen LogP contribution < -0.4 is 0 Å². The molecule has 1 atom stereocenters. The van der Waals surface area contributed by atoms with E-state index >= 15 is 0 Å². The highest BCUT2D eigenvalue weighted by Crippen LogP contribution is 2.38. The Morgan fingerprint density at radius 3 is 2.70 bits per heavy atom. The average Bonchev–Trinajstić information content (AvgIpc) is 2.84. The van der Waals surface area contributed by atoms with Crippen molar-refractivity contribution in [2.75, 3.05) is 13.6 Å². The minimum Gasteiger partial charge on any atom is -0.345 e. The molecule has 2 aromatic heterocycles. The normalized spacial score (nSPS) is 19.3. The van der Waals surface area contributed by atoms with E-state index in [0.29, 0.717) is 0 Å². The number of thiophene rings is 1. The fraction of sp³-hybridized carbons (Fsp3) is 0.500. The number of carbonyl (C=O) groups excluding carboxylic acids is 1. The van der Waals surface area contributed by atoms with Crippen molar-refractivity contribution in [3.05, 3.63) is 16.3 Å². The fourth-order valence-corrected chi connectivity index (χ4v) is 4.90. The molecule has 0 saturated carbocycles. The van der Waals surface area contributed by atoms with Gasteiger partial charge in [-0.3, -0.25) is 4.79 Å². The van der Waals surface area contributed by atoms with Crippen LogP contribution in [0.25, 0.3) is 10.2 Å². The van der Waals surface area contributed by atoms with Crippen LogP contribution in [0.15, 0.2) is 5.03 Å². The summed E-state index contributed by atoms with van der Waals surface area (Å²) in [6.45, 7) is 6.97. The predicted molar refractivity (Wildman–Crippen MR) is 83.5 cm³/mol. The molecule has 1 aliphatic heterocycles. The highest BCUT2D eigenvalue weighted by Gasteiger charge is 2.31. The van der Waals surface area contributed by atoms with E-state index in [0.717, 1.165) is 34.0 Å². The van der Waals surface area contributed by atoms with Gasteiger partial charge in [-0.05, 0) is 32.8 Å². The van der Waals surface area contributed by atoms with E-state index < -0.39 is 0 Å². The minimum atomic E-state index is -0.00268. The van der Waals surface area contributed by atoms with Gasteiger partial charge in [0.2, 0.25) is 5.91 Å². The maximum atomic E-state index is 12.1. The zero-order valence-corrected chi connectivity index (χ0v) is 13.7. The Morgan fingerprint density at radius 2 is 2.05 bits per heavy atom. The smallest absolute Gasteiger partial charge is 0.235 e. The summed E-state index contributed by atoms with van der Waals surface area (Å²) < 4.78 is 0. The van der Waals surface area contributed by atoms with Gasteiger partial charge in [-0.2, -0.15) is 0 Å². The highest BCUT2D eigenvalue weighted by molar-refractivity contribution is 8.00. The standard InChI is InChI=1S/C14H17N3OS2/c1-7-8(2)19-12-11(7)13(16-9(3)15-12)20-10-5-6-17(4)14(10)18/h10H,5-6H2,1-4H3/t10-/m0/s1. The maximum absolute atomic E-state index is 12.1. The first-order valence-electron chi connectivity index (χ1n) is 6.63. The maximum Gasteiger partial charge on any atom is 0.235 e. The number of nitrogens with zero attached hydrogens (tertiary/aromatic N) is 3. The van der Waals surface area contributed by atoms with Crippen molar-refractivity contribution in [2.24, 2.45) is 0 Å². The van der Waals surface area contributed by atoms with Crippen molar-refractivity contribution in [1.82, 2.24) is 14.9 Å². The molecule has 0 unspecified atom stereocenters. The summed E-state index contributed by atoms with van der Waals surface area (Å²) in [4.78, 5) is 25.3. The minimum absolute atomic E-state index is 0.00268. The quantitative estimate of drug-likeness (QED) is 0.800. The first kappa shape index (κ1) is 13.8.